The third-order valence-electron chi connectivity index (χ3n) is 6.06. The Morgan fingerprint density at radius 3 is 2.69 bits per heavy atom. The summed E-state index contributed by atoms with van der Waals surface area (Å²) in [6.45, 7) is 6.75. The molecule has 168 valence electrons. The van der Waals surface area contributed by atoms with E-state index in [2.05, 4.69) is 55.2 Å². The highest BCUT2D eigenvalue weighted by molar-refractivity contribution is 8.18. The largest absolute Gasteiger partial charge is 0.496 e. The molecule has 1 unspecified atom stereocenters. The number of fused-ring (bicyclic) bond motifs is 1. The van der Waals surface area contributed by atoms with Gasteiger partial charge in [0.05, 0.1) is 27.7 Å². The van der Waals surface area contributed by atoms with Crippen molar-refractivity contribution in [2.75, 3.05) is 19.1 Å². The van der Waals surface area contributed by atoms with Gasteiger partial charge in [0, 0.05) is 29.9 Å². The van der Waals surface area contributed by atoms with Crippen molar-refractivity contribution < 1.29 is 9.53 Å². The number of methoxy groups -OCH3 is 1. The molecule has 0 saturated carbocycles. The lowest BCUT2D eigenvalue weighted by molar-refractivity contribution is -0.115. The van der Waals surface area contributed by atoms with Gasteiger partial charge in [0.1, 0.15) is 5.75 Å². The van der Waals surface area contributed by atoms with E-state index >= 15 is 0 Å². The van der Waals surface area contributed by atoms with E-state index in [1.807, 2.05) is 6.08 Å². The quantitative estimate of drug-likeness (QED) is 0.492. The Balaban J connectivity index is 1.68. The van der Waals surface area contributed by atoms with Crippen LogP contribution in [0.2, 0.25) is 10.0 Å². The summed E-state index contributed by atoms with van der Waals surface area (Å²) in [6, 6.07) is 9.30. The van der Waals surface area contributed by atoms with E-state index in [1.165, 1.54) is 17.3 Å². The second kappa shape index (κ2) is 8.65. The Morgan fingerprint density at radius 1 is 1.25 bits per heavy atom. The van der Waals surface area contributed by atoms with Gasteiger partial charge in [0.25, 0.3) is 5.91 Å². The maximum atomic E-state index is 12.6. The molecule has 0 aliphatic carbocycles. The van der Waals surface area contributed by atoms with Crippen LogP contribution in [-0.4, -0.2) is 30.8 Å². The molecule has 1 atom stereocenters. The number of thioether (sulfide) groups is 1. The van der Waals surface area contributed by atoms with Crippen LogP contribution in [-0.2, 0) is 4.79 Å². The Kier molecular flexibility index (Phi) is 6.23. The average Bonchev–Trinajstić information content (AvgIpc) is 3.07. The molecule has 8 heteroatoms. The smallest absolute Gasteiger partial charge is 0.264 e. The van der Waals surface area contributed by atoms with Gasteiger partial charge in [-0.15, -0.1) is 0 Å². The van der Waals surface area contributed by atoms with Crippen LogP contribution in [0.4, 0.5) is 11.4 Å². The number of nitrogens with one attached hydrogen (secondary N) is 1. The molecule has 5 nitrogen and oxygen atoms in total. The van der Waals surface area contributed by atoms with Crippen LogP contribution >= 0.6 is 35.0 Å². The number of benzene rings is 2. The number of halogens is 2. The summed E-state index contributed by atoms with van der Waals surface area (Å²) in [4.78, 5) is 20.0. The van der Waals surface area contributed by atoms with E-state index in [9.17, 15) is 4.79 Å². The molecule has 1 N–H and O–H groups in total. The molecule has 1 saturated heterocycles. The lowest BCUT2D eigenvalue weighted by Gasteiger charge is -2.45. The van der Waals surface area contributed by atoms with Crippen LogP contribution in [0, 0.1) is 0 Å². The Hall–Kier alpha value is -2.15. The molecule has 2 heterocycles. The monoisotopic (exact) mass is 489 g/mol. The number of carbonyl (C=O) groups excluding carboxylic acids is 1. The first-order chi connectivity index (χ1) is 15.1. The Bertz CT molecular complexity index is 1160. The number of amides is 1. The second-order valence-electron chi connectivity index (χ2n) is 8.71. The first kappa shape index (κ1) is 23.0. The number of carbonyl (C=O) groups is 1. The number of amidine groups is 1. The number of anilines is 1. The molecule has 2 aromatic rings. The van der Waals surface area contributed by atoms with Crippen LogP contribution < -0.4 is 15.0 Å². The van der Waals surface area contributed by atoms with Gasteiger partial charge in [-0.3, -0.25) is 4.79 Å². The van der Waals surface area contributed by atoms with Crippen molar-refractivity contribution in [1.82, 2.24) is 5.32 Å². The predicted octanol–water partition coefficient (Wildman–Crippen LogP) is 6.62. The lowest BCUT2D eigenvalue weighted by atomic mass is 9.80. The van der Waals surface area contributed by atoms with Crippen molar-refractivity contribution in [2.45, 2.75) is 38.6 Å². The Labute approximate surface area is 202 Å². The fourth-order valence-corrected chi connectivity index (χ4v) is 5.32. The van der Waals surface area contributed by atoms with Gasteiger partial charge in [-0.25, -0.2) is 4.99 Å². The minimum atomic E-state index is -0.195. The van der Waals surface area contributed by atoms with Crippen LogP contribution in [0.15, 0.2) is 40.2 Å². The standard InChI is InChI=1S/C24H25Cl2N3O2S/c1-13-12-24(2,3)29(4)19-11-20(31-5)14(8-16(13)19)9-21-22(30)28-23(32-21)27-15-6-7-17(25)18(26)10-15/h6-11,13H,12H2,1-5H3,(H,27,28,30)/b21-9+. The SMILES string of the molecule is COc1cc2c(cc1/C=C1/SC(=Nc3ccc(Cl)c(Cl)c3)NC1=O)C(C)CC(C)(C)N2C. The zero-order valence-electron chi connectivity index (χ0n) is 18.6. The lowest BCUT2D eigenvalue weighted by Crippen LogP contribution is -2.45. The molecule has 1 amide bonds. The van der Waals surface area contributed by atoms with Crippen molar-refractivity contribution in [1.29, 1.82) is 0 Å². The summed E-state index contributed by atoms with van der Waals surface area (Å²) in [6.07, 6.45) is 2.91. The molecule has 0 aromatic heterocycles. The summed E-state index contributed by atoms with van der Waals surface area (Å²) in [5, 5.41) is 4.18. The van der Waals surface area contributed by atoms with Crippen molar-refractivity contribution in [2.24, 2.45) is 4.99 Å². The third-order valence-corrected chi connectivity index (χ3v) is 7.71. The van der Waals surface area contributed by atoms with Gasteiger partial charge in [-0.05, 0) is 73.9 Å². The van der Waals surface area contributed by atoms with Crippen LogP contribution in [0.3, 0.4) is 0 Å². The van der Waals surface area contributed by atoms with Gasteiger partial charge < -0.3 is 15.0 Å². The number of nitrogens with zero attached hydrogens (tertiary/aromatic N) is 2. The Morgan fingerprint density at radius 2 is 2.00 bits per heavy atom. The summed E-state index contributed by atoms with van der Waals surface area (Å²) in [5.41, 5.74) is 3.98. The fraction of sp³-hybridized carbons (Fsp3) is 0.333. The fourth-order valence-electron chi connectivity index (χ4n) is 4.19. The van der Waals surface area contributed by atoms with Crippen LogP contribution in [0.5, 0.6) is 5.75 Å². The zero-order valence-corrected chi connectivity index (χ0v) is 21.0. The van der Waals surface area contributed by atoms with Crippen molar-refractivity contribution >= 4 is 63.5 Å². The molecule has 32 heavy (non-hydrogen) atoms. The van der Waals surface area contributed by atoms with Gasteiger partial charge in [0.15, 0.2) is 5.17 Å². The number of hydrogen-bond donors (Lipinski definition) is 1. The van der Waals surface area contributed by atoms with Crippen molar-refractivity contribution in [3.8, 4) is 5.75 Å². The highest BCUT2D eigenvalue weighted by Gasteiger charge is 2.35. The highest BCUT2D eigenvalue weighted by Crippen LogP contribution is 2.45. The van der Waals surface area contributed by atoms with E-state index < -0.39 is 0 Å². The van der Waals surface area contributed by atoms with Crippen molar-refractivity contribution in [3.63, 3.8) is 0 Å². The van der Waals surface area contributed by atoms with Gasteiger partial charge >= 0.3 is 0 Å². The molecule has 4 rings (SSSR count). The van der Waals surface area contributed by atoms with E-state index in [4.69, 9.17) is 27.9 Å². The molecule has 1 fully saturated rings. The van der Waals surface area contributed by atoms with Gasteiger partial charge in [-0.2, -0.15) is 0 Å². The van der Waals surface area contributed by atoms with Gasteiger partial charge in [0.2, 0.25) is 0 Å². The molecular weight excluding hydrogens is 465 g/mol. The second-order valence-corrected chi connectivity index (χ2v) is 10.6. The summed E-state index contributed by atoms with van der Waals surface area (Å²) in [5.74, 6) is 0.937. The molecular formula is C24H25Cl2N3O2S. The van der Waals surface area contributed by atoms with E-state index in [0.717, 1.165) is 23.4 Å². The molecule has 0 bridgehead atoms. The number of rotatable bonds is 3. The number of aliphatic imine (C=N–C) groups is 1. The molecule has 2 aliphatic heterocycles. The number of ether oxygens (including phenoxy) is 1. The third kappa shape index (κ3) is 4.36. The van der Waals surface area contributed by atoms with Crippen molar-refractivity contribution in [3.05, 3.63) is 56.4 Å². The zero-order chi connectivity index (χ0) is 23.2. The predicted molar refractivity (Wildman–Crippen MR) is 136 cm³/mol. The van der Waals surface area contributed by atoms with E-state index in [1.54, 1.807) is 25.3 Å². The van der Waals surface area contributed by atoms with Crippen LogP contribution in [0.25, 0.3) is 6.08 Å². The van der Waals surface area contributed by atoms with Crippen LogP contribution in [0.1, 0.15) is 44.2 Å². The topological polar surface area (TPSA) is 53.9 Å². The minimum absolute atomic E-state index is 0.0640. The first-order valence-electron chi connectivity index (χ1n) is 10.3. The maximum Gasteiger partial charge on any atom is 0.264 e. The summed E-state index contributed by atoms with van der Waals surface area (Å²) < 4.78 is 5.69. The number of hydrogen-bond acceptors (Lipinski definition) is 5. The molecule has 2 aliphatic rings. The molecule has 0 radical (unpaired) electrons. The van der Waals surface area contributed by atoms with E-state index in [0.29, 0.717) is 31.7 Å². The highest BCUT2D eigenvalue weighted by atomic mass is 35.5. The first-order valence-corrected chi connectivity index (χ1v) is 11.9. The normalized spacial score (nSPS) is 22.3. The molecule has 2 aromatic carbocycles. The van der Waals surface area contributed by atoms with E-state index in [-0.39, 0.29) is 11.4 Å². The minimum Gasteiger partial charge on any atom is -0.496 e. The summed E-state index contributed by atoms with van der Waals surface area (Å²) >= 11 is 13.3. The average molecular weight is 490 g/mol. The summed E-state index contributed by atoms with van der Waals surface area (Å²) in [7, 11) is 3.77. The molecule has 0 spiro atoms. The maximum absolute atomic E-state index is 12.6. The van der Waals surface area contributed by atoms with Gasteiger partial charge in [-0.1, -0.05) is 30.1 Å².